The molecule has 1 heterocycles. The number of aryl methyl sites for hydroxylation is 1. The number of H-pyrrole nitrogens is 1. The normalized spacial score (nSPS) is 9.92. The number of nitrogens with one attached hydrogen (secondary N) is 1. The van der Waals surface area contributed by atoms with E-state index in [1.165, 1.54) is 0 Å². The zero-order chi connectivity index (χ0) is 9.14. The second-order valence-corrected chi connectivity index (χ2v) is 2.81. The SMILES string of the molecule is CCc1cnc(N(C)C)[nH]c1=O. The van der Waals surface area contributed by atoms with Crippen LogP contribution in [0.3, 0.4) is 0 Å². The Morgan fingerprint density at radius 3 is 2.67 bits per heavy atom. The van der Waals surface area contributed by atoms with Gasteiger partial charge in [-0.05, 0) is 6.42 Å². The van der Waals surface area contributed by atoms with E-state index in [0.717, 1.165) is 12.0 Å². The summed E-state index contributed by atoms with van der Waals surface area (Å²) >= 11 is 0. The monoisotopic (exact) mass is 167 g/mol. The highest BCUT2D eigenvalue weighted by molar-refractivity contribution is 5.26. The van der Waals surface area contributed by atoms with Crippen molar-refractivity contribution in [2.75, 3.05) is 19.0 Å². The van der Waals surface area contributed by atoms with Crippen molar-refractivity contribution in [3.63, 3.8) is 0 Å². The highest BCUT2D eigenvalue weighted by Gasteiger charge is 2.00. The lowest BCUT2D eigenvalue weighted by atomic mass is 10.3. The molecule has 0 fully saturated rings. The van der Waals surface area contributed by atoms with Gasteiger partial charge in [0.25, 0.3) is 5.56 Å². The molecule has 1 aromatic heterocycles. The van der Waals surface area contributed by atoms with E-state index in [9.17, 15) is 4.79 Å². The van der Waals surface area contributed by atoms with Crippen molar-refractivity contribution in [1.82, 2.24) is 9.97 Å². The lowest BCUT2D eigenvalue weighted by Gasteiger charge is -2.09. The first kappa shape index (κ1) is 8.77. The highest BCUT2D eigenvalue weighted by atomic mass is 16.1. The second kappa shape index (κ2) is 3.38. The summed E-state index contributed by atoms with van der Waals surface area (Å²) < 4.78 is 0. The van der Waals surface area contributed by atoms with Gasteiger partial charge in [-0.2, -0.15) is 0 Å². The molecule has 0 unspecified atom stereocenters. The van der Waals surface area contributed by atoms with Crippen molar-refractivity contribution in [3.8, 4) is 0 Å². The van der Waals surface area contributed by atoms with E-state index >= 15 is 0 Å². The van der Waals surface area contributed by atoms with Gasteiger partial charge < -0.3 is 4.90 Å². The molecule has 0 aliphatic heterocycles. The third-order valence-corrected chi connectivity index (χ3v) is 1.66. The van der Waals surface area contributed by atoms with Gasteiger partial charge in [0, 0.05) is 25.9 Å². The van der Waals surface area contributed by atoms with Crippen LogP contribution in [0.25, 0.3) is 0 Å². The molecule has 0 saturated carbocycles. The molecule has 1 N–H and O–H groups in total. The van der Waals surface area contributed by atoms with Gasteiger partial charge in [-0.25, -0.2) is 4.98 Å². The molecule has 12 heavy (non-hydrogen) atoms. The van der Waals surface area contributed by atoms with Crippen molar-refractivity contribution < 1.29 is 0 Å². The standard InChI is InChI=1S/C8H13N3O/c1-4-6-5-9-8(11(2)3)10-7(6)12/h5H,4H2,1-3H3,(H,9,10,12). The molecule has 66 valence electrons. The van der Waals surface area contributed by atoms with E-state index in [1.54, 1.807) is 11.1 Å². The van der Waals surface area contributed by atoms with Gasteiger partial charge in [0.1, 0.15) is 0 Å². The Bertz CT molecular complexity index is 316. The predicted molar refractivity (Wildman–Crippen MR) is 48.6 cm³/mol. The molecule has 4 heteroatoms. The zero-order valence-electron chi connectivity index (χ0n) is 7.59. The van der Waals surface area contributed by atoms with Crippen molar-refractivity contribution >= 4 is 5.95 Å². The number of anilines is 1. The van der Waals surface area contributed by atoms with E-state index < -0.39 is 0 Å². The molecule has 0 bridgehead atoms. The number of nitrogens with zero attached hydrogens (tertiary/aromatic N) is 2. The first-order chi connectivity index (χ1) is 5.65. The smallest absolute Gasteiger partial charge is 0.255 e. The van der Waals surface area contributed by atoms with Crippen LogP contribution >= 0.6 is 0 Å². The molecule has 1 aromatic rings. The maximum Gasteiger partial charge on any atom is 0.255 e. The molecular formula is C8H13N3O. The number of hydrogen-bond donors (Lipinski definition) is 1. The van der Waals surface area contributed by atoms with E-state index in [0.29, 0.717) is 5.95 Å². The van der Waals surface area contributed by atoms with Gasteiger partial charge in [-0.3, -0.25) is 9.78 Å². The lowest BCUT2D eigenvalue weighted by molar-refractivity contribution is 0.942. The molecule has 0 aliphatic carbocycles. The molecule has 0 amide bonds. The van der Waals surface area contributed by atoms with Crippen molar-refractivity contribution in [2.24, 2.45) is 0 Å². The quantitative estimate of drug-likeness (QED) is 0.693. The Kier molecular flexibility index (Phi) is 2.47. The molecular weight excluding hydrogens is 154 g/mol. The molecule has 0 spiro atoms. The van der Waals surface area contributed by atoms with E-state index in [2.05, 4.69) is 9.97 Å². The zero-order valence-corrected chi connectivity index (χ0v) is 7.59. The number of aromatic amines is 1. The third kappa shape index (κ3) is 1.64. The molecule has 0 aromatic carbocycles. The van der Waals surface area contributed by atoms with Gasteiger partial charge in [-0.15, -0.1) is 0 Å². The summed E-state index contributed by atoms with van der Waals surface area (Å²) in [5.74, 6) is 0.595. The van der Waals surface area contributed by atoms with Crippen LogP contribution in [0.1, 0.15) is 12.5 Å². The maximum atomic E-state index is 11.3. The fourth-order valence-corrected chi connectivity index (χ4v) is 0.891. The molecule has 4 nitrogen and oxygen atoms in total. The minimum atomic E-state index is -0.0452. The summed E-state index contributed by atoms with van der Waals surface area (Å²) in [6, 6.07) is 0. The Morgan fingerprint density at radius 1 is 1.58 bits per heavy atom. The number of aromatic nitrogens is 2. The van der Waals surface area contributed by atoms with Crippen molar-refractivity contribution in [2.45, 2.75) is 13.3 Å². The van der Waals surface area contributed by atoms with Crippen LogP contribution in [0.4, 0.5) is 5.95 Å². The minimum Gasteiger partial charge on any atom is -0.348 e. The fraction of sp³-hybridized carbons (Fsp3) is 0.500. The molecule has 0 aliphatic rings. The van der Waals surface area contributed by atoms with Gasteiger partial charge in [0.05, 0.1) is 0 Å². The average molecular weight is 167 g/mol. The van der Waals surface area contributed by atoms with Crippen LogP contribution in [-0.4, -0.2) is 24.1 Å². The van der Waals surface area contributed by atoms with Crippen LogP contribution in [0, 0.1) is 0 Å². The van der Waals surface area contributed by atoms with Gasteiger partial charge in [0.2, 0.25) is 5.95 Å². The first-order valence-electron chi connectivity index (χ1n) is 3.90. The Morgan fingerprint density at radius 2 is 2.25 bits per heavy atom. The van der Waals surface area contributed by atoms with Gasteiger partial charge in [-0.1, -0.05) is 6.92 Å². The van der Waals surface area contributed by atoms with Crippen LogP contribution in [-0.2, 0) is 6.42 Å². The Hall–Kier alpha value is -1.32. The second-order valence-electron chi connectivity index (χ2n) is 2.81. The summed E-state index contributed by atoms with van der Waals surface area (Å²) in [5.41, 5.74) is 0.678. The van der Waals surface area contributed by atoms with E-state index in [-0.39, 0.29) is 5.56 Å². The number of rotatable bonds is 2. The molecule has 0 atom stereocenters. The summed E-state index contributed by atoms with van der Waals surface area (Å²) in [6.45, 7) is 1.93. The minimum absolute atomic E-state index is 0.0452. The Labute approximate surface area is 71.3 Å². The number of hydrogen-bond acceptors (Lipinski definition) is 3. The summed E-state index contributed by atoms with van der Waals surface area (Å²) in [6.07, 6.45) is 2.34. The van der Waals surface area contributed by atoms with Crippen molar-refractivity contribution in [3.05, 3.63) is 22.1 Å². The highest BCUT2D eigenvalue weighted by Crippen LogP contribution is 1.98. The maximum absolute atomic E-state index is 11.3. The topological polar surface area (TPSA) is 49.0 Å². The molecule has 1 rings (SSSR count). The Balaban J connectivity index is 3.11. The summed E-state index contributed by atoms with van der Waals surface area (Å²) in [7, 11) is 3.67. The fourth-order valence-electron chi connectivity index (χ4n) is 0.891. The molecule has 0 saturated heterocycles. The third-order valence-electron chi connectivity index (χ3n) is 1.66. The largest absolute Gasteiger partial charge is 0.348 e. The van der Waals surface area contributed by atoms with Crippen LogP contribution in [0.15, 0.2) is 11.0 Å². The molecule has 0 radical (unpaired) electrons. The van der Waals surface area contributed by atoms with Crippen LogP contribution < -0.4 is 10.5 Å². The first-order valence-corrected chi connectivity index (χ1v) is 3.90. The lowest BCUT2D eigenvalue weighted by Crippen LogP contribution is -2.20. The predicted octanol–water partition coefficient (Wildman–Crippen LogP) is 0.398. The van der Waals surface area contributed by atoms with Crippen molar-refractivity contribution in [1.29, 1.82) is 0 Å². The van der Waals surface area contributed by atoms with E-state index in [4.69, 9.17) is 0 Å². The summed E-state index contributed by atoms with van der Waals surface area (Å²) in [5, 5.41) is 0. The van der Waals surface area contributed by atoms with Gasteiger partial charge in [0.15, 0.2) is 0 Å². The summed E-state index contributed by atoms with van der Waals surface area (Å²) in [4.78, 5) is 19.8. The van der Waals surface area contributed by atoms with Gasteiger partial charge >= 0.3 is 0 Å². The average Bonchev–Trinajstić information content (AvgIpc) is 2.04. The van der Waals surface area contributed by atoms with Crippen LogP contribution in [0.2, 0.25) is 0 Å². The van der Waals surface area contributed by atoms with Crippen LogP contribution in [0.5, 0.6) is 0 Å². The van der Waals surface area contributed by atoms with E-state index in [1.807, 2.05) is 21.0 Å².